The van der Waals surface area contributed by atoms with Crippen molar-refractivity contribution in [1.29, 1.82) is 0 Å². The van der Waals surface area contributed by atoms with Gasteiger partial charge in [-0.15, -0.1) is 11.8 Å². The topological polar surface area (TPSA) is 74.7 Å². The lowest BCUT2D eigenvalue weighted by atomic mass is 10.4. The molecule has 1 atom stereocenters. The number of nitrogens with zero attached hydrogens (tertiary/aromatic N) is 1. The van der Waals surface area contributed by atoms with Crippen LogP contribution in [0, 0.1) is 3.57 Å². The molecule has 1 heterocycles. The molecule has 18 heavy (non-hydrogen) atoms. The number of carboxylic acids is 1. The number of hydrogen-bond acceptors (Lipinski definition) is 4. The molecule has 1 aromatic rings. The highest BCUT2D eigenvalue weighted by Crippen LogP contribution is 2.28. The summed E-state index contributed by atoms with van der Waals surface area (Å²) >= 11 is 3.39. The predicted molar refractivity (Wildman–Crippen MR) is 76.9 cm³/mol. The summed E-state index contributed by atoms with van der Waals surface area (Å²) in [7, 11) is -3.72. The van der Waals surface area contributed by atoms with E-state index in [0.29, 0.717) is 5.75 Å². The molecule has 0 aliphatic carbocycles. The van der Waals surface area contributed by atoms with Crippen molar-refractivity contribution >= 4 is 50.3 Å². The lowest BCUT2D eigenvalue weighted by Crippen LogP contribution is -2.41. The van der Waals surface area contributed by atoms with Crippen LogP contribution in [0.1, 0.15) is 0 Å². The molecule has 2 rings (SSSR count). The molecule has 98 valence electrons. The zero-order valence-electron chi connectivity index (χ0n) is 9.11. The number of hydrogen-bond donors (Lipinski definition) is 1. The summed E-state index contributed by atoms with van der Waals surface area (Å²) in [6, 6.07) is 5.40. The van der Waals surface area contributed by atoms with Crippen LogP contribution in [0.2, 0.25) is 0 Å². The second-order valence-corrected chi connectivity index (χ2v) is 7.84. The number of halogens is 1. The van der Waals surface area contributed by atoms with Gasteiger partial charge < -0.3 is 5.11 Å². The summed E-state index contributed by atoms with van der Waals surface area (Å²) in [6.45, 7) is 0. The fourth-order valence-corrected chi connectivity index (χ4v) is 5.09. The average Bonchev–Trinajstić information content (AvgIpc) is 2.79. The van der Waals surface area contributed by atoms with Gasteiger partial charge in [-0.2, -0.15) is 4.31 Å². The van der Waals surface area contributed by atoms with Gasteiger partial charge in [0.2, 0.25) is 10.0 Å². The van der Waals surface area contributed by atoms with E-state index in [1.54, 1.807) is 12.1 Å². The SMILES string of the molecule is O=C(O)[C@@H]1CSCN1S(=O)(=O)c1ccc(I)cc1. The van der Waals surface area contributed by atoms with Crippen molar-refractivity contribution in [3.05, 3.63) is 27.8 Å². The van der Waals surface area contributed by atoms with Crippen LogP contribution >= 0.6 is 34.4 Å². The summed E-state index contributed by atoms with van der Waals surface area (Å²) in [5.74, 6) is -0.626. The van der Waals surface area contributed by atoms with Crippen LogP contribution < -0.4 is 0 Å². The summed E-state index contributed by atoms with van der Waals surface area (Å²) in [4.78, 5) is 11.2. The van der Waals surface area contributed by atoms with Gasteiger partial charge in [-0.1, -0.05) is 0 Å². The Kier molecular flexibility index (Phi) is 4.19. The van der Waals surface area contributed by atoms with E-state index in [4.69, 9.17) is 5.11 Å². The van der Waals surface area contributed by atoms with Gasteiger partial charge in [0, 0.05) is 9.32 Å². The van der Waals surface area contributed by atoms with E-state index < -0.39 is 22.0 Å². The summed E-state index contributed by atoms with van der Waals surface area (Å²) in [5.41, 5.74) is 0. The highest BCUT2D eigenvalue weighted by molar-refractivity contribution is 14.1. The first kappa shape index (κ1) is 14.1. The molecule has 0 amide bonds. The molecule has 1 N–H and O–H groups in total. The predicted octanol–water partition coefficient (Wildman–Crippen LogP) is 1.44. The smallest absolute Gasteiger partial charge is 0.322 e. The standard InChI is InChI=1S/C10H10INO4S2/c11-7-1-3-8(4-2-7)18(15,16)12-6-17-5-9(12)10(13)14/h1-4,9H,5-6H2,(H,13,14)/t9-/m0/s1. The molecule has 0 radical (unpaired) electrons. The van der Waals surface area contributed by atoms with E-state index >= 15 is 0 Å². The fourth-order valence-electron chi connectivity index (χ4n) is 1.60. The van der Waals surface area contributed by atoms with Gasteiger partial charge in [-0.3, -0.25) is 4.79 Å². The molecule has 1 aliphatic heterocycles. The van der Waals surface area contributed by atoms with Gasteiger partial charge >= 0.3 is 5.97 Å². The molecular weight excluding hydrogens is 389 g/mol. The molecule has 1 fully saturated rings. The van der Waals surface area contributed by atoms with Crippen molar-refractivity contribution in [2.75, 3.05) is 11.6 Å². The molecule has 0 unspecified atom stereocenters. The lowest BCUT2D eigenvalue weighted by molar-refractivity contribution is -0.140. The van der Waals surface area contributed by atoms with E-state index in [2.05, 4.69) is 22.6 Å². The van der Waals surface area contributed by atoms with Crippen LogP contribution in [0.25, 0.3) is 0 Å². The van der Waals surface area contributed by atoms with Gasteiger partial charge in [0.15, 0.2) is 0 Å². The Hall–Kier alpha value is -0.320. The van der Waals surface area contributed by atoms with Crippen molar-refractivity contribution < 1.29 is 18.3 Å². The Balaban J connectivity index is 2.36. The monoisotopic (exact) mass is 399 g/mol. The first-order chi connectivity index (χ1) is 8.43. The second-order valence-electron chi connectivity index (χ2n) is 3.70. The van der Waals surface area contributed by atoms with Gasteiger partial charge in [0.1, 0.15) is 6.04 Å². The third kappa shape index (κ3) is 2.65. The summed E-state index contributed by atoms with van der Waals surface area (Å²) in [6.07, 6.45) is 0. The van der Waals surface area contributed by atoms with Gasteiger partial charge in [0.25, 0.3) is 0 Å². The zero-order chi connectivity index (χ0) is 13.3. The second kappa shape index (κ2) is 5.35. The number of sulfonamides is 1. The highest BCUT2D eigenvalue weighted by Gasteiger charge is 2.39. The molecule has 0 bridgehead atoms. The van der Waals surface area contributed by atoms with Crippen molar-refractivity contribution in [1.82, 2.24) is 4.31 Å². The number of carboxylic acid groups (broad SMARTS) is 1. The number of aliphatic carboxylic acids is 1. The molecule has 1 aliphatic rings. The van der Waals surface area contributed by atoms with Gasteiger partial charge in [-0.05, 0) is 46.9 Å². The van der Waals surface area contributed by atoms with Crippen molar-refractivity contribution in [2.24, 2.45) is 0 Å². The highest BCUT2D eigenvalue weighted by atomic mass is 127. The Labute approximate surface area is 123 Å². The number of benzene rings is 1. The number of thioether (sulfide) groups is 1. The Morgan fingerprint density at radius 3 is 2.56 bits per heavy atom. The molecule has 8 heteroatoms. The Morgan fingerprint density at radius 1 is 1.39 bits per heavy atom. The van der Waals surface area contributed by atoms with Crippen molar-refractivity contribution in [3.8, 4) is 0 Å². The number of rotatable bonds is 3. The van der Waals surface area contributed by atoms with E-state index in [0.717, 1.165) is 7.88 Å². The van der Waals surface area contributed by atoms with Gasteiger partial charge in [0.05, 0.1) is 10.8 Å². The summed E-state index contributed by atoms with van der Waals surface area (Å²) in [5, 5.41) is 9.02. The minimum absolute atomic E-state index is 0.136. The van der Waals surface area contributed by atoms with Crippen LogP contribution in [0.5, 0.6) is 0 Å². The normalized spacial score (nSPS) is 21.1. The van der Waals surface area contributed by atoms with Crippen LogP contribution in [-0.4, -0.2) is 41.5 Å². The van der Waals surface area contributed by atoms with Crippen LogP contribution in [0.3, 0.4) is 0 Å². The molecule has 1 saturated heterocycles. The molecule has 0 spiro atoms. The molecule has 5 nitrogen and oxygen atoms in total. The molecule has 0 aromatic heterocycles. The lowest BCUT2D eigenvalue weighted by Gasteiger charge is -2.19. The molecular formula is C10H10INO4S2. The maximum absolute atomic E-state index is 12.3. The van der Waals surface area contributed by atoms with Crippen LogP contribution in [0.4, 0.5) is 0 Å². The first-order valence-corrected chi connectivity index (χ1v) is 8.68. The third-order valence-electron chi connectivity index (χ3n) is 2.55. The van der Waals surface area contributed by atoms with E-state index in [9.17, 15) is 13.2 Å². The minimum Gasteiger partial charge on any atom is -0.480 e. The average molecular weight is 399 g/mol. The maximum atomic E-state index is 12.3. The molecule has 0 saturated carbocycles. The third-order valence-corrected chi connectivity index (χ3v) is 6.31. The minimum atomic E-state index is -3.72. The van der Waals surface area contributed by atoms with Gasteiger partial charge in [-0.25, -0.2) is 8.42 Å². The Morgan fingerprint density at radius 2 is 2.00 bits per heavy atom. The van der Waals surface area contributed by atoms with Crippen LogP contribution in [-0.2, 0) is 14.8 Å². The first-order valence-electron chi connectivity index (χ1n) is 5.01. The van der Waals surface area contributed by atoms with Crippen LogP contribution in [0.15, 0.2) is 29.2 Å². The van der Waals surface area contributed by atoms with Crippen molar-refractivity contribution in [2.45, 2.75) is 10.9 Å². The molecule has 1 aromatic carbocycles. The van der Waals surface area contributed by atoms with Crippen molar-refractivity contribution in [3.63, 3.8) is 0 Å². The van der Waals surface area contributed by atoms with E-state index in [1.165, 1.54) is 23.9 Å². The largest absolute Gasteiger partial charge is 0.480 e. The van der Waals surface area contributed by atoms with E-state index in [-0.39, 0.29) is 10.8 Å². The maximum Gasteiger partial charge on any atom is 0.322 e. The fraction of sp³-hybridized carbons (Fsp3) is 0.300. The Bertz CT molecular complexity index is 558. The zero-order valence-corrected chi connectivity index (χ0v) is 12.9. The number of carbonyl (C=O) groups is 1. The quantitative estimate of drug-likeness (QED) is 0.779. The van der Waals surface area contributed by atoms with E-state index in [1.807, 2.05) is 0 Å². The summed E-state index contributed by atoms with van der Waals surface area (Å²) < 4.78 is 26.6.